The zero-order valence-electron chi connectivity index (χ0n) is 10.2. The summed E-state index contributed by atoms with van der Waals surface area (Å²) in [6.07, 6.45) is 0. The van der Waals surface area contributed by atoms with Gasteiger partial charge in [0.1, 0.15) is 12.4 Å². The van der Waals surface area contributed by atoms with E-state index in [0.717, 1.165) is 11.3 Å². The van der Waals surface area contributed by atoms with Crippen molar-refractivity contribution in [2.24, 2.45) is 5.18 Å². The molecule has 0 aliphatic carbocycles. The van der Waals surface area contributed by atoms with Crippen molar-refractivity contribution in [2.75, 3.05) is 0 Å². The Kier molecular flexibility index (Phi) is 4.25. The molecule has 4 heteroatoms. The minimum Gasteiger partial charge on any atom is -0.489 e. The summed E-state index contributed by atoms with van der Waals surface area (Å²) in [6, 6.07) is 17.5. The summed E-state index contributed by atoms with van der Waals surface area (Å²) in [5, 5.41) is 11.6. The lowest BCUT2D eigenvalue weighted by molar-refractivity contribution is 0.306. The Morgan fingerprint density at radius 1 is 1.16 bits per heavy atom. The summed E-state index contributed by atoms with van der Waals surface area (Å²) in [4.78, 5) is 10.5. The molecule has 0 spiro atoms. The Morgan fingerprint density at radius 2 is 1.95 bits per heavy atom. The molecule has 1 unspecified atom stereocenters. The molecule has 0 aromatic heterocycles. The van der Waals surface area contributed by atoms with Crippen molar-refractivity contribution in [3.05, 3.63) is 70.6 Å². The molecule has 0 saturated carbocycles. The molecule has 0 heterocycles. The van der Waals surface area contributed by atoms with Crippen LogP contribution in [0, 0.1) is 16.2 Å². The van der Waals surface area contributed by atoms with E-state index in [2.05, 4.69) is 5.18 Å². The molecule has 0 aliphatic heterocycles. The second-order valence-electron chi connectivity index (χ2n) is 3.98. The van der Waals surface area contributed by atoms with Gasteiger partial charge in [-0.25, -0.2) is 0 Å². The number of ether oxygens (including phenoxy) is 1. The number of nitriles is 1. The third kappa shape index (κ3) is 3.39. The molecule has 1 atom stereocenters. The van der Waals surface area contributed by atoms with E-state index in [9.17, 15) is 4.91 Å². The third-order valence-corrected chi connectivity index (χ3v) is 2.64. The number of nitrogens with zero attached hydrogens (tertiary/aromatic N) is 2. The number of para-hydroxylation sites is 1. The van der Waals surface area contributed by atoms with Crippen LogP contribution in [0.3, 0.4) is 0 Å². The summed E-state index contributed by atoms with van der Waals surface area (Å²) in [5.74, 6) is 0.776. The number of nitroso groups, excluding NO2 is 1. The molecule has 0 N–H and O–H groups in total. The van der Waals surface area contributed by atoms with Gasteiger partial charge in [0, 0.05) is 0 Å². The van der Waals surface area contributed by atoms with Crippen molar-refractivity contribution in [3.8, 4) is 11.8 Å². The van der Waals surface area contributed by atoms with Crippen LogP contribution in [-0.2, 0) is 6.61 Å². The smallest absolute Gasteiger partial charge is 0.203 e. The number of hydrogen-bond donors (Lipinski definition) is 0. The summed E-state index contributed by atoms with van der Waals surface area (Å²) in [5.41, 5.74) is 1.48. The van der Waals surface area contributed by atoms with Crippen molar-refractivity contribution >= 4 is 0 Å². The molecule has 19 heavy (non-hydrogen) atoms. The number of benzene rings is 2. The van der Waals surface area contributed by atoms with Crippen LogP contribution in [0.5, 0.6) is 5.75 Å². The van der Waals surface area contributed by atoms with E-state index in [-0.39, 0.29) is 0 Å². The number of rotatable bonds is 5. The molecule has 0 aliphatic rings. The average Bonchev–Trinajstić information content (AvgIpc) is 2.48. The molecular formula is C15H12N2O2. The Hall–Kier alpha value is -2.67. The van der Waals surface area contributed by atoms with E-state index < -0.39 is 6.04 Å². The largest absolute Gasteiger partial charge is 0.489 e. The fourth-order valence-corrected chi connectivity index (χ4v) is 1.70. The maximum Gasteiger partial charge on any atom is 0.203 e. The first-order chi connectivity index (χ1) is 9.33. The minimum absolute atomic E-state index is 0.384. The van der Waals surface area contributed by atoms with Crippen molar-refractivity contribution in [1.82, 2.24) is 0 Å². The minimum atomic E-state index is -0.961. The normalized spacial score (nSPS) is 11.3. The van der Waals surface area contributed by atoms with Crippen LogP contribution in [-0.4, -0.2) is 0 Å². The standard InChI is InChI=1S/C15H12N2O2/c16-10-15(17-18)13-6-4-5-12(9-13)11-19-14-7-2-1-3-8-14/h1-9,15H,11H2. The van der Waals surface area contributed by atoms with Gasteiger partial charge in [-0.2, -0.15) is 5.26 Å². The fraction of sp³-hybridized carbons (Fsp3) is 0.133. The predicted molar refractivity (Wildman–Crippen MR) is 71.4 cm³/mol. The molecule has 0 amide bonds. The second-order valence-corrected chi connectivity index (χ2v) is 3.98. The lowest BCUT2D eigenvalue weighted by Gasteiger charge is -2.08. The van der Waals surface area contributed by atoms with E-state index >= 15 is 0 Å². The summed E-state index contributed by atoms with van der Waals surface area (Å²) in [6.45, 7) is 0.384. The van der Waals surface area contributed by atoms with Crippen LogP contribution < -0.4 is 4.74 Å². The molecule has 0 fully saturated rings. The highest BCUT2D eigenvalue weighted by Gasteiger charge is 2.10. The molecule has 2 aromatic rings. The average molecular weight is 252 g/mol. The summed E-state index contributed by atoms with van der Waals surface area (Å²) in [7, 11) is 0. The first kappa shape index (κ1) is 12.8. The van der Waals surface area contributed by atoms with Crippen molar-refractivity contribution < 1.29 is 4.74 Å². The van der Waals surface area contributed by atoms with Crippen molar-refractivity contribution in [1.29, 1.82) is 5.26 Å². The Labute approximate surface area is 111 Å². The second kappa shape index (κ2) is 6.31. The highest BCUT2D eigenvalue weighted by atomic mass is 16.5. The quantitative estimate of drug-likeness (QED) is 0.764. The van der Waals surface area contributed by atoms with Gasteiger partial charge in [-0.3, -0.25) is 0 Å². The van der Waals surface area contributed by atoms with Crippen LogP contribution in [0.25, 0.3) is 0 Å². The van der Waals surface area contributed by atoms with E-state index in [1.807, 2.05) is 42.5 Å². The van der Waals surface area contributed by atoms with Crippen molar-refractivity contribution in [3.63, 3.8) is 0 Å². The maximum atomic E-state index is 10.5. The summed E-state index contributed by atoms with van der Waals surface area (Å²) >= 11 is 0. The monoisotopic (exact) mass is 252 g/mol. The molecular weight excluding hydrogens is 240 g/mol. The molecule has 0 saturated heterocycles. The highest BCUT2D eigenvalue weighted by molar-refractivity contribution is 5.30. The van der Waals surface area contributed by atoms with Gasteiger partial charge < -0.3 is 4.74 Å². The number of hydrogen-bond acceptors (Lipinski definition) is 4. The molecule has 2 aromatic carbocycles. The fourth-order valence-electron chi connectivity index (χ4n) is 1.70. The molecule has 2 rings (SSSR count). The van der Waals surface area contributed by atoms with Gasteiger partial charge in [0.25, 0.3) is 0 Å². The SMILES string of the molecule is N#CC(N=O)c1cccc(COc2ccccc2)c1. The zero-order chi connectivity index (χ0) is 13.5. The first-order valence-corrected chi connectivity index (χ1v) is 5.82. The Balaban J connectivity index is 2.08. The van der Waals surface area contributed by atoms with Crippen molar-refractivity contribution in [2.45, 2.75) is 12.6 Å². The van der Waals surface area contributed by atoms with Gasteiger partial charge >= 0.3 is 0 Å². The highest BCUT2D eigenvalue weighted by Crippen LogP contribution is 2.18. The van der Waals surface area contributed by atoms with Crippen LogP contribution in [0.2, 0.25) is 0 Å². The molecule has 4 nitrogen and oxygen atoms in total. The van der Waals surface area contributed by atoms with E-state index in [4.69, 9.17) is 10.00 Å². The maximum absolute atomic E-state index is 10.5. The van der Waals surface area contributed by atoms with E-state index in [1.165, 1.54) is 0 Å². The van der Waals surface area contributed by atoms with Gasteiger partial charge in [0.05, 0.1) is 6.07 Å². The topological polar surface area (TPSA) is 62.5 Å². The van der Waals surface area contributed by atoms with Crippen LogP contribution in [0.15, 0.2) is 59.8 Å². The van der Waals surface area contributed by atoms with Gasteiger partial charge in [-0.1, -0.05) is 36.4 Å². The lowest BCUT2D eigenvalue weighted by atomic mass is 10.1. The first-order valence-electron chi connectivity index (χ1n) is 5.82. The third-order valence-electron chi connectivity index (χ3n) is 2.64. The predicted octanol–water partition coefficient (Wildman–Crippen LogP) is 3.60. The molecule has 94 valence electrons. The molecule has 0 radical (unpaired) electrons. The van der Waals surface area contributed by atoms with Gasteiger partial charge in [0.15, 0.2) is 0 Å². The van der Waals surface area contributed by atoms with Crippen LogP contribution in [0.4, 0.5) is 0 Å². The van der Waals surface area contributed by atoms with E-state index in [1.54, 1.807) is 18.2 Å². The van der Waals surface area contributed by atoms with Crippen LogP contribution in [0.1, 0.15) is 17.2 Å². The van der Waals surface area contributed by atoms with E-state index in [0.29, 0.717) is 12.2 Å². The molecule has 0 bridgehead atoms. The van der Waals surface area contributed by atoms with Gasteiger partial charge in [0.2, 0.25) is 6.04 Å². The lowest BCUT2D eigenvalue weighted by Crippen LogP contribution is -1.98. The van der Waals surface area contributed by atoms with Crippen LogP contribution >= 0.6 is 0 Å². The summed E-state index contributed by atoms with van der Waals surface area (Å²) < 4.78 is 5.60. The van der Waals surface area contributed by atoms with Gasteiger partial charge in [-0.15, -0.1) is 4.91 Å². The zero-order valence-corrected chi connectivity index (χ0v) is 10.2. The Bertz CT molecular complexity index is 591. The Morgan fingerprint density at radius 3 is 2.63 bits per heavy atom. The van der Waals surface area contributed by atoms with Gasteiger partial charge in [-0.05, 0) is 34.5 Å².